The summed E-state index contributed by atoms with van der Waals surface area (Å²) in [6.45, 7) is 2.13. The van der Waals surface area contributed by atoms with E-state index in [9.17, 15) is 0 Å². The van der Waals surface area contributed by atoms with Crippen molar-refractivity contribution in [3.63, 3.8) is 0 Å². The molecule has 0 bridgehead atoms. The highest BCUT2D eigenvalue weighted by atomic mass is 35.5. The molecular weight excluding hydrogens is 280 g/mol. The summed E-state index contributed by atoms with van der Waals surface area (Å²) in [7, 11) is 1.67. The Labute approximate surface area is 122 Å². The molecule has 0 aromatic carbocycles. The lowest BCUT2D eigenvalue weighted by Crippen LogP contribution is -2.18. The van der Waals surface area contributed by atoms with Crippen molar-refractivity contribution in [2.75, 3.05) is 20.3 Å². The van der Waals surface area contributed by atoms with Crippen LogP contribution in [0.25, 0.3) is 0 Å². The lowest BCUT2D eigenvalue weighted by Gasteiger charge is -2.05. The molecule has 2 rings (SSSR count). The Hall–Kier alpha value is -1.76. The van der Waals surface area contributed by atoms with Crippen LogP contribution in [0.2, 0.25) is 5.02 Å². The zero-order chi connectivity index (χ0) is 14.2. The third-order valence-corrected chi connectivity index (χ3v) is 2.59. The van der Waals surface area contributed by atoms with Gasteiger partial charge in [0.1, 0.15) is 0 Å². The van der Waals surface area contributed by atoms with Crippen LogP contribution < -0.4 is 10.1 Å². The van der Waals surface area contributed by atoms with Crippen molar-refractivity contribution in [3.05, 3.63) is 41.4 Å². The van der Waals surface area contributed by atoms with Crippen LogP contribution >= 0.6 is 11.6 Å². The molecule has 0 amide bonds. The first kappa shape index (κ1) is 14.6. The second kappa shape index (κ2) is 7.74. The fraction of sp³-hybridized carbons (Fsp3) is 0.308. The van der Waals surface area contributed by atoms with Gasteiger partial charge >= 0.3 is 6.01 Å². The number of aromatic nitrogens is 3. The standard InChI is InChI=1S/C13H15ClN4O2/c1-19-3-2-15-5-10-6-17-13(18-7-10)20-12-4-11(14)8-16-9-12/h4,6-9,15H,2-3,5H2,1H3. The molecule has 0 saturated heterocycles. The van der Waals surface area contributed by atoms with Gasteiger partial charge in [-0.3, -0.25) is 4.98 Å². The molecule has 106 valence electrons. The first-order valence-corrected chi connectivity index (χ1v) is 6.44. The van der Waals surface area contributed by atoms with Crippen LogP contribution in [-0.2, 0) is 11.3 Å². The summed E-state index contributed by atoms with van der Waals surface area (Å²) in [5.74, 6) is 0.503. The number of rotatable bonds is 7. The van der Waals surface area contributed by atoms with Gasteiger partial charge in [-0.15, -0.1) is 0 Å². The average molecular weight is 295 g/mol. The SMILES string of the molecule is COCCNCc1cnc(Oc2cncc(Cl)c2)nc1. The third kappa shape index (κ3) is 4.73. The monoisotopic (exact) mass is 294 g/mol. The summed E-state index contributed by atoms with van der Waals surface area (Å²) in [6, 6.07) is 1.91. The lowest BCUT2D eigenvalue weighted by molar-refractivity contribution is 0.199. The summed E-state index contributed by atoms with van der Waals surface area (Å²) in [5.41, 5.74) is 0.970. The summed E-state index contributed by atoms with van der Waals surface area (Å²) in [4.78, 5) is 12.2. The van der Waals surface area contributed by atoms with Gasteiger partial charge in [-0.2, -0.15) is 0 Å². The van der Waals surface area contributed by atoms with Gasteiger partial charge < -0.3 is 14.8 Å². The summed E-state index contributed by atoms with van der Waals surface area (Å²) >= 11 is 5.82. The predicted molar refractivity (Wildman–Crippen MR) is 74.9 cm³/mol. The topological polar surface area (TPSA) is 69.2 Å². The lowest BCUT2D eigenvalue weighted by atomic mass is 10.3. The molecule has 2 aromatic rings. The molecule has 0 atom stereocenters. The number of ether oxygens (including phenoxy) is 2. The van der Waals surface area contributed by atoms with E-state index in [1.807, 2.05) is 0 Å². The Morgan fingerprint density at radius 2 is 2.00 bits per heavy atom. The van der Waals surface area contributed by atoms with E-state index in [4.69, 9.17) is 21.1 Å². The minimum absolute atomic E-state index is 0.259. The molecule has 0 radical (unpaired) electrons. The van der Waals surface area contributed by atoms with Crippen LogP contribution in [0.3, 0.4) is 0 Å². The van der Waals surface area contributed by atoms with Gasteiger partial charge in [-0.1, -0.05) is 11.6 Å². The maximum absolute atomic E-state index is 5.82. The van der Waals surface area contributed by atoms with Gasteiger partial charge in [0.2, 0.25) is 0 Å². The fourth-order valence-corrected chi connectivity index (χ4v) is 1.61. The largest absolute Gasteiger partial charge is 0.423 e. The van der Waals surface area contributed by atoms with Gasteiger partial charge in [0.05, 0.1) is 17.8 Å². The molecule has 7 heteroatoms. The number of hydrogen-bond acceptors (Lipinski definition) is 6. The molecule has 1 N–H and O–H groups in total. The second-order valence-corrected chi connectivity index (χ2v) is 4.42. The van der Waals surface area contributed by atoms with E-state index in [2.05, 4.69) is 20.3 Å². The molecule has 0 aliphatic rings. The van der Waals surface area contributed by atoms with Crippen molar-refractivity contribution in [3.8, 4) is 11.8 Å². The Morgan fingerprint density at radius 1 is 1.20 bits per heavy atom. The zero-order valence-electron chi connectivity index (χ0n) is 11.0. The van der Waals surface area contributed by atoms with E-state index in [-0.39, 0.29) is 6.01 Å². The molecule has 0 aliphatic carbocycles. The Balaban J connectivity index is 1.88. The molecular formula is C13H15ClN4O2. The van der Waals surface area contributed by atoms with Crippen molar-refractivity contribution in [2.24, 2.45) is 0 Å². The molecule has 6 nitrogen and oxygen atoms in total. The second-order valence-electron chi connectivity index (χ2n) is 3.98. The molecule has 2 aromatic heterocycles. The van der Waals surface area contributed by atoms with Crippen molar-refractivity contribution in [1.82, 2.24) is 20.3 Å². The van der Waals surface area contributed by atoms with E-state index in [0.29, 0.717) is 23.9 Å². The third-order valence-electron chi connectivity index (χ3n) is 2.38. The maximum Gasteiger partial charge on any atom is 0.321 e. The Bertz CT molecular complexity index is 536. The van der Waals surface area contributed by atoms with Crippen LogP contribution in [0.5, 0.6) is 11.8 Å². The fourth-order valence-electron chi connectivity index (χ4n) is 1.45. The van der Waals surface area contributed by atoms with E-state index >= 15 is 0 Å². The number of halogens is 1. The summed E-state index contributed by atoms with van der Waals surface area (Å²) in [6.07, 6.45) is 6.50. The van der Waals surface area contributed by atoms with Gasteiger partial charge in [0, 0.05) is 50.4 Å². The first-order valence-electron chi connectivity index (χ1n) is 6.07. The average Bonchev–Trinajstić information content (AvgIpc) is 2.45. The van der Waals surface area contributed by atoms with Crippen LogP contribution in [0.1, 0.15) is 5.56 Å². The number of nitrogens with one attached hydrogen (secondary N) is 1. The molecule has 0 saturated carbocycles. The number of hydrogen-bond donors (Lipinski definition) is 1. The maximum atomic E-state index is 5.82. The van der Waals surface area contributed by atoms with Crippen molar-refractivity contribution in [1.29, 1.82) is 0 Å². The Kier molecular flexibility index (Phi) is 5.67. The highest BCUT2D eigenvalue weighted by Crippen LogP contribution is 2.19. The van der Waals surface area contributed by atoms with Crippen molar-refractivity contribution >= 4 is 11.6 Å². The minimum Gasteiger partial charge on any atom is -0.423 e. The van der Waals surface area contributed by atoms with Gasteiger partial charge in [0.25, 0.3) is 0 Å². The quantitative estimate of drug-likeness (QED) is 0.788. The van der Waals surface area contributed by atoms with Gasteiger partial charge in [-0.05, 0) is 0 Å². The smallest absolute Gasteiger partial charge is 0.321 e. The molecule has 0 fully saturated rings. The van der Waals surface area contributed by atoms with Crippen LogP contribution in [0.15, 0.2) is 30.9 Å². The Morgan fingerprint density at radius 3 is 2.70 bits per heavy atom. The molecule has 0 unspecified atom stereocenters. The normalized spacial score (nSPS) is 10.5. The summed E-state index contributed by atoms with van der Waals surface area (Å²) in [5, 5.41) is 3.71. The number of pyridine rings is 1. The minimum atomic E-state index is 0.259. The molecule has 0 aliphatic heterocycles. The van der Waals surface area contributed by atoms with E-state index in [1.54, 1.807) is 31.8 Å². The number of nitrogens with zero attached hydrogens (tertiary/aromatic N) is 3. The van der Waals surface area contributed by atoms with E-state index < -0.39 is 0 Å². The van der Waals surface area contributed by atoms with Crippen LogP contribution in [0, 0.1) is 0 Å². The zero-order valence-corrected chi connectivity index (χ0v) is 11.8. The molecule has 2 heterocycles. The highest BCUT2D eigenvalue weighted by Gasteiger charge is 2.02. The first-order chi connectivity index (χ1) is 9.78. The van der Waals surface area contributed by atoms with E-state index in [0.717, 1.165) is 12.1 Å². The molecule has 20 heavy (non-hydrogen) atoms. The van der Waals surface area contributed by atoms with Gasteiger partial charge in [0.15, 0.2) is 5.75 Å². The van der Waals surface area contributed by atoms with Crippen molar-refractivity contribution < 1.29 is 9.47 Å². The number of methoxy groups -OCH3 is 1. The van der Waals surface area contributed by atoms with Crippen molar-refractivity contribution in [2.45, 2.75) is 6.54 Å². The predicted octanol–water partition coefficient (Wildman–Crippen LogP) is 2.05. The molecule has 0 spiro atoms. The van der Waals surface area contributed by atoms with Crippen LogP contribution in [-0.4, -0.2) is 35.2 Å². The summed E-state index contributed by atoms with van der Waals surface area (Å²) < 4.78 is 10.4. The highest BCUT2D eigenvalue weighted by molar-refractivity contribution is 6.30. The van der Waals surface area contributed by atoms with Crippen LogP contribution in [0.4, 0.5) is 0 Å². The van der Waals surface area contributed by atoms with E-state index in [1.165, 1.54) is 6.20 Å². The van der Waals surface area contributed by atoms with Gasteiger partial charge in [-0.25, -0.2) is 9.97 Å².